The maximum atomic E-state index is 13.8. The van der Waals surface area contributed by atoms with Gasteiger partial charge in [0.15, 0.2) is 4.80 Å². The molecule has 10 nitrogen and oxygen atoms in total. The largest absolute Gasteiger partial charge is 0.490 e. The minimum atomic E-state index is -0.780. The molecule has 0 spiro atoms. The first-order valence-corrected chi connectivity index (χ1v) is 14.0. The number of rotatable bonds is 9. The van der Waals surface area contributed by atoms with Crippen LogP contribution < -0.4 is 19.6 Å². The van der Waals surface area contributed by atoms with Crippen LogP contribution in [0.25, 0.3) is 17.4 Å². The number of carbonyl (C=O) groups is 1. The second-order valence-corrected chi connectivity index (χ2v) is 10.5. The number of nitro groups is 1. The number of aromatic nitrogens is 1. The fourth-order valence-electron chi connectivity index (χ4n) is 4.53. The van der Waals surface area contributed by atoms with E-state index in [1.165, 1.54) is 16.7 Å². The maximum absolute atomic E-state index is 13.8. The lowest BCUT2D eigenvalue weighted by molar-refractivity contribution is -0.384. The summed E-state index contributed by atoms with van der Waals surface area (Å²) < 4.78 is 18.6. The highest BCUT2D eigenvalue weighted by Crippen LogP contribution is 2.33. The van der Waals surface area contributed by atoms with E-state index in [1.807, 2.05) is 0 Å². The summed E-state index contributed by atoms with van der Waals surface area (Å²) in [5.41, 5.74) is 1.24. The van der Waals surface area contributed by atoms with Crippen LogP contribution in [0.4, 0.5) is 5.69 Å². The molecule has 4 aromatic rings. The van der Waals surface area contributed by atoms with Gasteiger partial charge in [0.25, 0.3) is 11.2 Å². The Hall–Kier alpha value is -4.74. The van der Waals surface area contributed by atoms with Crippen molar-refractivity contribution in [2.45, 2.75) is 19.9 Å². The molecule has 2 aromatic heterocycles. The predicted molar refractivity (Wildman–Crippen MR) is 158 cm³/mol. The molecule has 0 aliphatic carbocycles. The number of ether oxygens (including phenoxy) is 2. The average Bonchev–Trinajstić information content (AvgIpc) is 3.55. The first kappa shape index (κ1) is 28.8. The molecule has 42 heavy (non-hydrogen) atoms. The minimum Gasteiger partial charge on any atom is -0.490 e. The van der Waals surface area contributed by atoms with Gasteiger partial charge in [-0.05, 0) is 55.8 Å². The number of hydrogen-bond acceptors (Lipinski definition) is 9. The Morgan fingerprint density at radius 2 is 2.00 bits per heavy atom. The Balaban J connectivity index is 1.59. The van der Waals surface area contributed by atoms with E-state index < -0.39 is 16.9 Å². The normalized spacial score (nSPS) is 14.7. The third kappa shape index (κ3) is 5.56. The van der Waals surface area contributed by atoms with Gasteiger partial charge in [-0.1, -0.05) is 47.7 Å². The zero-order valence-electron chi connectivity index (χ0n) is 22.5. The summed E-state index contributed by atoms with van der Waals surface area (Å²) in [4.78, 5) is 42.6. The number of fused-ring (bicyclic) bond motifs is 1. The summed E-state index contributed by atoms with van der Waals surface area (Å²) in [7, 11) is 0. The number of benzene rings is 2. The number of hydrogen-bond donors (Lipinski definition) is 0. The van der Waals surface area contributed by atoms with Crippen molar-refractivity contribution >= 4 is 40.7 Å². The van der Waals surface area contributed by atoms with Crippen LogP contribution in [-0.4, -0.2) is 28.7 Å². The van der Waals surface area contributed by atoms with Crippen molar-refractivity contribution in [3.8, 4) is 17.1 Å². The summed E-state index contributed by atoms with van der Waals surface area (Å²) in [5, 5.41) is 11.3. The lowest BCUT2D eigenvalue weighted by Crippen LogP contribution is -2.39. The van der Waals surface area contributed by atoms with Crippen molar-refractivity contribution in [2.75, 3.05) is 13.2 Å². The number of allylic oxidation sites excluding steroid dienone is 1. The molecule has 1 atom stereocenters. The number of nitrogens with zero attached hydrogens (tertiary/aromatic N) is 3. The molecule has 214 valence electrons. The summed E-state index contributed by atoms with van der Waals surface area (Å²) in [6, 6.07) is 14.0. The van der Waals surface area contributed by atoms with Crippen molar-refractivity contribution in [3.63, 3.8) is 0 Å². The molecule has 0 fully saturated rings. The van der Waals surface area contributed by atoms with Gasteiger partial charge in [0.1, 0.15) is 28.9 Å². The van der Waals surface area contributed by atoms with E-state index >= 15 is 0 Å². The topological polar surface area (TPSA) is 126 Å². The van der Waals surface area contributed by atoms with Crippen molar-refractivity contribution in [3.05, 3.63) is 125 Å². The fourth-order valence-corrected chi connectivity index (χ4v) is 5.74. The standard InChI is InChI=1S/C30H24ClN3O7S/c1-4-14-40-20-9-6-18(7-10-20)27-26(29(36)39-5-2)17(3)32-30-33(27)28(35)25(42-30)16-21-11-13-24(41-21)19-8-12-22(31)23(15-19)34(37)38/h4,6-13,15-16,27H,1,5,14H2,2-3H3/b25-16-/t27-/m0/s1. The van der Waals surface area contributed by atoms with Gasteiger partial charge in [0, 0.05) is 17.7 Å². The summed E-state index contributed by atoms with van der Waals surface area (Å²) in [6.07, 6.45) is 3.21. The number of halogens is 1. The Morgan fingerprint density at radius 3 is 2.69 bits per heavy atom. The molecule has 5 rings (SSSR count). The third-order valence-corrected chi connectivity index (χ3v) is 7.71. The predicted octanol–water partition coefficient (Wildman–Crippen LogP) is 5.18. The highest BCUT2D eigenvalue weighted by molar-refractivity contribution is 7.07. The van der Waals surface area contributed by atoms with Crippen LogP contribution in [-0.2, 0) is 9.53 Å². The van der Waals surface area contributed by atoms with E-state index in [1.54, 1.807) is 68.5 Å². The van der Waals surface area contributed by atoms with E-state index in [9.17, 15) is 19.7 Å². The molecule has 0 N–H and O–H groups in total. The van der Waals surface area contributed by atoms with Crippen LogP contribution >= 0.6 is 22.9 Å². The lowest BCUT2D eigenvalue weighted by Gasteiger charge is -2.24. The van der Waals surface area contributed by atoms with E-state index in [0.29, 0.717) is 50.0 Å². The Morgan fingerprint density at radius 1 is 1.24 bits per heavy atom. The van der Waals surface area contributed by atoms with E-state index in [2.05, 4.69) is 11.6 Å². The van der Waals surface area contributed by atoms with Crippen LogP contribution in [0, 0.1) is 10.1 Å². The Kier molecular flexibility index (Phi) is 8.23. The molecule has 0 radical (unpaired) electrons. The number of nitro benzene ring substituents is 1. The van der Waals surface area contributed by atoms with Crippen LogP contribution in [0.3, 0.4) is 0 Å². The quantitative estimate of drug-likeness (QED) is 0.111. The van der Waals surface area contributed by atoms with Gasteiger partial charge in [-0.3, -0.25) is 19.5 Å². The van der Waals surface area contributed by atoms with Gasteiger partial charge in [-0.25, -0.2) is 9.79 Å². The Bertz CT molecular complexity index is 1920. The summed E-state index contributed by atoms with van der Waals surface area (Å²) in [5.74, 6) is 0.780. The van der Waals surface area contributed by atoms with Crippen LogP contribution in [0.5, 0.6) is 5.75 Å². The maximum Gasteiger partial charge on any atom is 0.338 e. The van der Waals surface area contributed by atoms with Gasteiger partial charge in [0.2, 0.25) is 0 Å². The highest BCUT2D eigenvalue weighted by atomic mass is 35.5. The van der Waals surface area contributed by atoms with Crippen LogP contribution in [0.2, 0.25) is 5.02 Å². The molecule has 0 amide bonds. The third-order valence-electron chi connectivity index (χ3n) is 6.41. The molecule has 3 heterocycles. The van der Waals surface area contributed by atoms with Crippen molar-refractivity contribution in [1.29, 1.82) is 0 Å². The molecule has 12 heteroatoms. The first-order chi connectivity index (χ1) is 20.2. The second-order valence-electron chi connectivity index (χ2n) is 9.10. The minimum absolute atomic E-state index is 0.0163. The average molecular weight is 606 g/mol. The van der Waals surface area contributed by atoms with Gasteiger partial charge in [0.05, 0.1) is 33.4 Å². The second kappa shape index (κ2) is 12.0. The van der Waals surface area contributed by atoms with E-state index in [0.717, 1.165) is 11.3 Å². The van der Waals surface area contributed by atoms with Gasteiger partial charge >= 0.3 is 5.97 Å². The summed E-state index contributed by atoms with van der Waals surface area (Å²) in [6.45, 7) is 7.58. The molecule has 0 saturated carbocycles. The van der Waals surface area contributed by atoms with Gasteiger partial charge in [-0.2, -0.15) is 0 Å². The van der Waals surface area contributed by atoms with Crippen molar-refractivity contribution in [2.24, 2.45) is 4.99 Å². The fraction of sp³-hybridized carbons (Fsp3) is 0.167. The monoisotopic (exact) mass is 605 g/mol. The van der Waals surface area contributed by atoms with Crippen molar-refractivity contribution < 1.29 is 23.6 Å². The smallest absolute Gasteiger partial charge is 0.338 e. The zero-order chi connectivity index (χ0) is 30.0. The summed E-state index contributed by atoms with van der Waals surface area (Å²) >= 11 is 7.09. The van der Waals surface area contributed by atoms with E-state index in [4.69, 9.17) is 25.5 Å². The van der Waals surface area contributed by atoms with E-state index in [-0.39, 0.29) is 28.4 Å². The molecule has 1 aliphatic rings. The van der Waals surface area contributed by atoms with Crippen molar-refractivity contribution in [1.82, 2.24) is 4.57 Å². The van der Waals surface area contributed by atoms with Crippen LogP contribution in [0.15, 0.2) is 92.7 Å². The number of thiazole rings is 1. The number of esters is 1. The molecule has 2 aromatic carbocycles. The van der Waals surface area contributed by atoms with Crippen LogP contribution in [0.1, 0.15) is 31.2 Å². The SMILES string of the molecule is C=CCOc1ccc([C@H]2C(C(=O)OCC)=C(C)N=c3s/c(=C\c4ccc(-c5ccc(Cl)c([N+](=O)[O-])c5)o4)c(=O)n32)cc1. The van der Waals surface area contributed by atoms with Gasteiger partial charge < -0.3 is 13.9 Å². The molecule has 0 bridgehead atoms. The number of furan rings is 1. The zero-order valence-corrected chi connectivity index (χ0v) is 24.1. The number of carbonyl (C=O) groups excluding carboxylic acids is 1. The highest BCUT2D eigenvalue weighted by Gasteiger charge is 2.33. The molecular formula is C30H24ClN3O7S. The molecule has 0 saturated heterocycles. The first-order valence-electron chi connectivity index (χ1n) is 12.8. The Labute approximate surface area is 248 Å². The van der Waals surface area contributed by atoms with Gasteiger partial charge in [-0.15, -0.1) is 0 Å². The molecular weight excluding hydrogens is 582 g/mol. The molecule has 0 unspecified atom stereocenters. The lowest BCUT2D eigenvalue weighted by atomic mass is 9.96. The molecule has 1 aliphatic heterocycles.